The van der Waals surface area contributed by atoms with Gasteiger partial charge in [0.2, 0.25) is 5.96 Å². The highest BCUT2D eigenvalue weighted by atomic mass is 35.5. The number of ether oxygens (including phenoxy) is 1. The monoisotopic (exact) mass is 403 g/mol. The first-order valence-corrected chi connectivity index (χ1v) is 9.71. The van der Waals surface area contributed by atoms with Gasteiger partial charge in [0.1, 0.15) is 5.82 Å². The number of amides is 1. The number of hydrogen-bond donors (Lipinski definition) is 2. The second-order valence-electron chi connectivity index (χ2n) is 6.58. The lowest BCUT2D eigenvalue weighted by Crippen LogP contribution is -2.36. The van der Waals surface area contributed by atoms with Crippen molar-refractivity contribution in [1.82, 2.24) is 5.32 Å². The highest BCUT2D eigenvalue weighted by molar-refractivity contribution is 6.31. The van der Waals surface area contributed by atoms with E-state index in [4.69, 9.17) is 16.3 Å². The summed E-state index contributed by atoms with van der Waals surface area (Å²) in [7, 11) is 0. The Morgan fingerprint density at radius 2 is 2.07 bits per heavy atom. The molecule has 0 aromatic heterocycles. The second kappa shape index (κ2) is 9.66. The van der Waals surface area contributed by atoms with Gasteiger partial charge in [0.15, 0.2) is 0 Å². The maximum Gasteiger partial charge on any atom is 0.257 e. The van der Waals surface area contributed by atoms with E-state index >= 15 is 0 Å². The summed E-state index contributed by atoms with van der Waals surface area (Å²) in [4.78, 5) is 17.1. The minimum absolute atomic E-state index is 0.00930. The molecule has 1 fully saturated rings. The molecular weight excluding hydrogens is 381 g/mol. The fourth-order valence-electron chi connectivity index (χ4n) is 2.87. The van der Waals surface area contributed by atoms with Crippen molar-refractivity contribution < 1.29 is 13.9 Å². The van der Waals surface area contributed by atoms with Crippen molar-refractivity contribution >= 4 is 29.2 Å². The Morgan fingerprint density at radius 1 is 1.29 bits per heavy atom. The van der Waals surface area contributed by atoms with Gasteiger partial charge in [-0.05, 0) is 55.2 Å². The maximum atomic E-state index is 13.4. The van der Waals surface area contributed by atoms with E-state index < -0.39 is 5.82 Å². The highest BCUT2D eigenvalue weighted by Gasteiger charge is 2.16. The van der Waals surface area contributed by atoms with Crippen LogP contribution in [0.25, 0.3) is 0 Å². The van der Waals surface area contributed by atoms with E-state index in [1.807, 2.05) is 12.1 Å². The van der Waals surface area contributed by atoms with Gasteiger partial charge in [-0.3, -0.25) is 10.1 Å². The van der Waals surface area contributed by atoms with E-state index in [-0.39, 0.29) is 23.0 Å². The number of guanidine groups is 1. The average Bonchev–Trinajstić information content (AvgIpc) is 3.22. The molecule has 2 N–H and O–H groups in total. The molecule has 0 saturated carbocycles. The first-order valence-electron chi connectivity index (χ1n) is 9.33. The van der Waals surface area contributed by atoms with Crippen molar-refractivity contribution in [3.63, 3.8) is 0 Å². The van der Waals surface area contributed by atoms with Gasteiger partial charge in [0.05, 0.1) is 17.7 Å². The summed E-state index contributed by atoms with van der Waals surface area (Å²) in [5, 5.41) is 5.78. The van der Waals surface area contributed by atoms with Gasteiger partial charge in [0, 0.05) is 17.9 Å². The van der Waals surface area contributed by atoms with Gasteiger partial charge in [-0.25, -0.2) is 9.38 Å². The van der Waals surface area contributed by atoms with E-state index in [0.717, 1.165) is 31.4 Å². The van der Waals surface area contributed by atoms with Crippen molar-refractivity contribution in [2.45, 2.75) is 32.3 Å². The molecule has 148 valence electrons. The SMILES string of the molecule is CCc1ccc(C(=O)NC(=NC[C@@H]2CCCO2)Nc2ccc(F)c(Cl)c2)cc1. The largest absolute Gasteiger partial charge is 0.376 e. The topological polar surface area (TPSA) is 62.7 Å². The van der Waals surface area contributed by atoms with Crippen LogP contribution in [0.1, 0.15) is 35.7 Å². The Morgan fingerprint density at radius 3 is 2.71 bits per heavy atom. The number of hydrogen-bond acceptors (Lipinski definition) is 3. The molecule has 0 aliphatic carbocycles. The Labute approximate surface area is 169 Å². The number of aliphatic imine (C=N–C) groups is 1. The second-order valence-corrected chi connectivity index (χ2v) is 6.99. The molecule has 7 heteroatoms. The summed E-state index contributed by atoms with van der Waals surface area (Å²) in [6, 6.07) is 11.6. The van der Waals surface area contributed by atoms with E-state index in [1.165, 1.54) is 18.2 Å². The smallest absolute Gasteiger partial charge is 0.257 e. The molecule has 2 aromatic rings. The molecule has 1 atom stereocenters. The first-order chi connectivity index (χ1) is 13.5. The van der Waals surface area contributed by atoms with Crippen LogP contribution in [0, 0.1) is 5.82 Å². The van der Waals surface area contributed by atoms with Crippen LogP contribution in [0.4, 0.5) is 10.1 Å². The van der Waals surface area contributed by atoms with E-state index in [9.17, 15) is 9.18 Å². The zero-order valence-electron chi connectivity index (χ0n) is 15.7. The van der Waals surface area contributed by atoms with E-state index in [2.05, 4.69) is 22.5 Å². The predicted octanol–water partition coefficient (Wildman–Crippen LogP) is 4.42. The number of nitrogens with zero attached hydrogens (tertiary/aromatic N) is 1. The quantitative estimate of drug-likeness (QED) is 0.573. The standard InChI is InChI=1S/C21H23ClFN3O2/c1-2-14-5-7-15(8-6-14)20(27)26-21(24-13-17-4-3-11-28-17)25-16-9-10-19(23)18(22)12-16/h5-10,12,17H,2-4,11,13H2,1H3,(H2,24,25,26,27)/t17-/m0/s1. The van der Waals surface area contributed by atoms with Gasteiger partial charge >= 0.3 is 0 Å². The van der Waals surface area contributed by atoms with Gasteiger partial charge in [-0.15, -0.1) is 0 Å². The van der Waals surface area contributed by atoms with Crippen molar-refractivity contribution in [2.75, 3.05) is 18.5 Å². The third-order valence-corrected chi connectivity index (χ3v) is 4.81. The summed E-state index contributed by atoms with van der Waals surface area (Å²) >= 11 is 5.85. The van der Waals surface area contributed by atoms with Gasteiger partial charge in [0.25, 0.3) is 5.91 Å². The third-order valence-electron chi connectivity index (χ3n) is 4.52. The molecule has 1 amide bonds. The lowest BCUT2D eigenvalue weighted by atomic mass is 10.1. The Balaban J connectivity index is 1.74. The number of anilines is 1. The van der Waals surface area contributed by atoms with Crippen molar-refractivity contribution in [3.8, 4) is 0 Å². The van der Waals surface area contributed by atoms with Crippen LogP contribution < -0.4 is 10.6 Å². The van der Waals surface area contributed by atoms with Crippen molar-refractivity contribution in [2.24, 2.45) is 4.99 Å². The number of rotatable bonds is 5. The molecule has 3 rings (SSSR count). The molecule has 1 saturated heterocycles. The van der Waals surface area contributed by atoms with Crippen LogP contribution >= 0.6 is 11.6 Å². The van der Waals surface area contributed by atoms with Crippen LogP contribution in [0.3, 0.4) is 0 Å². The zero-order valence-corrected chi connectivity index (χ0v) is 16.4. The molecule has 0 unspecified atom stereocenters. The van der Waals surface area contributed by atoms with Gasteiger partial charge < -0.3 is 10.1 Å². The summed E-state index contributed by atoms with van der Waals surface area (Å²) in [5.41, 5.74) is 2.21. The predicted molar refractivity (Wildman–Crippen MR) is 110 cm³/mol. The highest BCUT2D eigenvalue weighted by Crippen LogP contribution is 2.19. The van der Waals surface area contributed by atoms with Crippen molar-refractivity contribution in [3.05, 3.63) is 64.4 Å². The van der Waals surface area contributed by atoms with Crippen LogP contribution in [0.2, 0.25) is 5.02 Å². The number of aryl methyl sites for hydroxylation is 1. The minimum atomic E-state index is -0.509. The fraction of sp³-hybridized carbons (Fsp3) is 0.333. The van der Waals surface area contributed by atoms with Crippen molar-refractivity contribution in [1.29, 1.82) is 0 Å². The summed E-state index contributed by atoms with van der Waals surface area (Å²) < 4.78 is 19.0. The first kappa shape index (κ1) is 20.3. The number of carbonyl (C=O) groups is 1. The van der Waals surface area contributed by atoms with E-state index in [0.29, 0.717) is 17.8 Å². The summed E-state index contributed by atoms with van der Waals surface area (Å²) in [6.45, 7) is 3.21. The lowest BCUT2D eigenvalue weighted by Gasteiger charge is -2.14. The average molecular weight is 404 g/mol. The molecule has 28 heavy (non-hydrogen) atoms. The molecule has 1 aliphatic heterocycles. The maximum absolute atomic E-state index is 13.4. The van der Waals surface area contributed by atoms with Gasteiger partial charge in [-0.1, -0.05) is 30.7 Å². The molecule has 5 nitrogen and oxygen atoms in total. The number of benzene rings is 2. The molecule has 0 bridgehead atoms. The third kappa shape index (κ3) is 5.53. The van der Waals surface area contributed by atoms with Gasteiger partial charge in [-0.2, -0.15) is 0 Å². The lowest BCUT2D eigenvalue weighted by molar-refractivity contribution is 0.0975. The number of nitrogens with one attached hydrogen (secondary N) is 2. The summed E-state index contributed by atoms with van der Waals surface area (Å²) in [5.74, 6) is -0.526. The molecular formula is C21H23ClFN3O2. The molecule has 2 aromatic carbocycles. The summed E-state index contributed by atoms with van der Waals surface area (Å²) in [6.07, 6.45) is 2.88. The van der Waals surface area contributed by atoms with Crippen LogP contribution in [0.5, 0.6) is 0 Å². The Kier molecular flexibility index (Phi) is 7.01. The Bertz CT molecular complexity index is 849. The zero-order chi connectivity index (χ0) is 19.9. The fourth-order valence-corrected chi connectivity index (χ4v) is 3.05. The minimum Gasteiger partial charge on any atom is -0.376 e. The van der Waals surface area contributed by atoms with Crippen LogP contribution in [0.15, 0.2) is 47.5 Å². The molecule has 1 heterocycles. The number of carbonyl (C=O) groups excluding carboxylic acids is 1. The molecule has 0 radical (unpaired) electrons. The van der Waals surface area contributed by atoms with E-state index in [1.54, 1.807) is 12.1 Å². The van der Waals surface area contributed by atoms with Crippen LogP contribution in [-0.2, 0) is 11.2 Å². The Hall–Kier alpha value is -2.44. The number of halogens is 2. The van der Waals surface area contributed by atoms with Crippen LogP contribution in [-0.4, -0.2) is 31.1 Å². The normalized spacial score (nSPS) is 16.8. The molecule has 1 aliphatic rings. The molecule has 0 spiro atoms.